The maximum atomic E-state index is 4.15. The second-order valence-corrected chi connectivity index (χ2v) is 4.35. The van der Waals surface area contributed by atoms with Crippen molar-refractivity contribution in [2.24, 2.45) is 0 Å². The lowest BCUT2D eigenvalue weighted by atomic mass is 9.93. The number of thioether (sulfide) groups is 1. The van der Waals surface area contributed by atoms with E-state index in [1.165, 1.54) is 11.8 Å². The van der Waals surface area contributed by atoms with Crippen LogP contribution < -0.4 is 0 Å². The van der Waals surface area contributed by atoms with Crippen molar-refractivity contribution < 1.29 is 0 Å². The molecule has 0 N–H and O–H groups in total. The van der Waals surface area contributed by atoms with E-state index in [0.717, 1.165) is 10.9 Å². The van der Waals surface area contributed by atoms with Crippen LogP contribution in [-0.2, 0) is 5.41 Å². The molecular formula is C8H13N3S. The fourth-order valence-corrected chi connectivity index (χ4v) is 0.982. The van der Waals surface area contributed by atoms with Gasteiger partial charge in [-0.15, -0.1) is 5.10 Å². The normalized spacial score (nSPS) is 11.7. The molecule has 1 aromatic rings. The molecule has 0 amide bonds. The van der Waals surface area contributed by atoms with Gasteiger partial charge in [-0.2, -0.15) is 5.10 Å². The zero-order chi connectivity index (χ0) is 9.19. The highest BCUT2D eigenvalue weighted by Crippen LogP contribution is 2.18. The highest BCUT2D eigenvalue weighted by molar-refractivity contribution is 7.98. The summed E-state index contributed by atoms with van der Waals surface area (Å²) in [6.45, 7) is 6.28. The Morgan fingerprint density at radius 3 is 2.25 bits per heavy atom. The first-order chi connectivity index (χ1) is 5.54. The van der Waals surface area contributed by atoms with E-state index < -0.39 is 0 Å². The summed E-state index contributed by atoms with van der Waals surface area (Å²) in [6.07, 6.45) is 3.73. The zero-order valence-corrected chi connectivity index (χ0v) is 8.64. The maximum Gasteiger partial charge on any atom is 0.208 e. The van der Waals surface area contributed by atoms with Crippen LogP contribution in [0.2, 0.25) is 0 Å². The second-order valence-electron chi connectivity index (χ2n) is 3.58. The summed E-state index contributed by atoms with van der Waals surface area (Å²) in [5.41, 5.74) is 0.969. The molecule has 0 atom stereocenters. The average Bonchev–Trinajstić information content (AvgIpc) is 2.03. The molecular weight excluding hydrogens is 170 g/mol. The van der Waals surface area contributed by atoms with Crippen LogP contribution >= 0.6 is 11.8 Å². The topological polar surface area (TPSA) is 38.7 Å². The van der Waals surface area contributed by atoms with Gasteiger partial charge in [0.15, 0.2) is 0 Å². The standard InChI is InChI=1S/C8H13N3S/c1-8(2,3)6-5-9-7(12-4)11-10-6/h5H,1-4H3. The van der Waals surface area contributed by atoms with Crippen molar-refractivity contribution in [1.82, 2.24) is 15.2 Å². The fourth-order valence-electron chi connectivity index (χ4n) is 0.702. The molecule has 0 aromatic carbocycles. The van der Waals surface area contributed by atoms with E-state index >= 15 is 0 Å². The predicted octanol–water partition coefficient (Wildman–Crippen LogP) is 1.89. The quantitative estimate of drug-likeness (QED) is 0.623. The highest BCUT2D eigenvalue weighted by atomic mass is 32.2. The Kier molecular flexibility index (Phi) is 2.67. The van der Waals surface area contributed by atoms with Gasteiger partial charge in [0.05, 0.1) is 11.9 Å². The molecule has 0 radical (unpaired) electrons. The van der Waals surface area contributed by atoms with Crippen LogP contribution in [0.5, 0.6) is 0 Å². The predicted molar refractivity (Wildman–Crippen MR) is 50.3 cm³/mol. The minimum absolute atomic E-state index is 0.0386. The lowest BCUT2D eigenvalue weighted by molar-refractivity contribution is 0.545. The Balaban J connectivity index is 2.93. The fraction of sp³-hybridized carbons (Fsp3) is 0.625. The number of hydrogen-bond donors (Lipinski definition) is 0. The Labute approximate surface area is 77.0 Å². The van der Waals surface area contributed by atoms with Crippen molar-refractivity contribution in [1.29, 1.82) is 0 Å². The van der Waals surface area contributed by atoms with E-state index in [-0.39, 0.29) is 5.41 Å². The first-order valence-corrected chi connectivity index (χ1v) is 5.00. The molecule has 4 heteroatoms. The summed E-state index contributed by atoms with van der Waals surface area (Å²) in [4.78, 5) is 4.15. The Morgan fingerprint density at radius 1 is 1.25 bits per heavy atom. The molecule has 0 aliphatic rings. The van der Waals surface area contributed by atoms with E-state index in [1.54, 1.807) is 6.20 Å². The van der Waals surface area contributed by atoms with E-state index in [4.69, 9.17) is 0 Å². The van der Waals surface area contributed by atoms with Gasteiger partial charge in [0.25, 0.3) is 0 Å². The van der Waals surface area contributed by atoms with Crippen LogP contribution in [0.3, 0.4) is 0 Å². The van der Waals surface area contributed by atoms with Crippen molar-refractivity contribution in [3.63, 3.8) is 0 Å². The molecule has 66 valence electrons. The number of nitrogens with zero attached hydrogens (tertiary/aromatic N) is 3. The smallest absolute Gasteiger partial charge is 0.208 e. The first-order valence-electron chi connectivity index (χ1n) is 3.78. The third kappa shape index (κ3) is 2.17. The molecule has 0 bridgehead atoms. The van der Waals surface area contributed by atoms with E-state index in [9.17, 15) is 0 Å². The third-order valence-electron chi connectivity index (χ3n) is 1.49. The molecule has 0 aliphatic carbocycles. The number of aromatic nitrogens is 3. The van der Waals surface area contributed by atoms with E-state index in [1.807, 2.05) is 6.26 Å². The van der Waals surface area contributed by atoms with Gasteiger partial charge in [0.2, 0.25) is 5.16 Å². The Morgan fingerprint density at radius 2 is 1.92 bits per heavy atom. The summed E-state index contributed by atoms with van der Waals surface area (Å²) in [6, 6.07) is 0. The van der Waals surface area contributed by atoms with Gasteiger partial charge in [0.1, 0.15) is 0 Å². The van der Waals surface area contributed by atoms with Gasteiger partial charge in [0, 0.05) is 5.41 Å². The molecule has 12 heavy (non-hydrogen) atoms. The lowest BCUT2D eigenvalue weighted by Crippen LogP contribution is -2.14. The van der Waals surface area contributed by atoms with Crippen molar-refractivity contribution >= 4 is 11.8 Å². The van der Waals surface area contributed by atoms with Crippen LogP contribution in [0, 0.1) is 0 Å². The molecule has 0 saturated carbocycles. The van der Waals surface area contributed by atoms with Gasteiger partial charge in [-0.1, -0.05) is 32.5 Å². The van der Waals surface area contributed by atoms with Crippen LogP contribution in [0.15, 0.2) is 11.4 Å². The summed E-state index contributed by atoms with van der Waals surface area (Å²) in [5.74, 6) is 0. The molecule has 0 unspecified atom stereocenters. The Bertz CT molecular complexity index is 250. The van der Waals surface area contributed by atoms with Gasteiger partial charge in [-0.05, 0) is 6.26 Å². The van der Waals surface area contributed by atoms with Gasteiger partial charge in [-0.3, -0.25) is 0 Å². The average molecular weight is 183 g/mol. The second kappa shape index (κ2) is 3.39. The summed E-state index contributed by atoms with van der Waals surface area (Å²) < 4.78 is 0. The lowest BCUT2D eigenvalue weighted by Gasteiger charge is -2.15. The van der Waals surface area contributed by atoms with Crippen molar-refractivity contribution in [2.75, 3.05) is 6.26 Å². The largest absolute Gasteiger partial charge is 0.228 e. The third-order valence-corrected chi connectivity index (χ3v) is 2.04. The SMILES string of the molecule is CSc1ncc(C(C)(C)C)nn1. The van der Waals surface area contributed by atoms with Crippen LogP contribution in [0.25, 0.3) is 0 Å². The number of rotatable bonds is 1. The van der Waals surface area contributed by atoms with Crippen LogP contribution in [0.1, 0.15) is 26.5 Å². The highest BCUT2D eigenvalue weighted by Gasteiger charge is 2.16. The van der Waals surface area contributed by atoms with Crippen molar-refractivity contribution in [2.45, 2.75) is 31.3 Å². The molecule has 3 nitrogen and oxygen atoms in total. The van der Waals surface area contributed by atoms with Gasteiger partial charge in [-0.25, -0.2) is 4.98 Å². The van der Waals surface area contributed by atoms with Gasteiger partial charge < -0.3 is 0 Å². The zero-order valence-electron chi connectivity index (χ0n) is 7.83. The molecule has 1 heterocycles. The minimum Gasteiger partial charge on any atom is -0.228 e. The molecule has 0 fully saturated rings. The Hall–Kier alpha value is -0.640. The van der Waals surface area contributed by atoms with E-state index in [2.05, 4.69) is 36.0 Å². The molecule has 0 aliphatic heterocycles. The molecule has 0 spiro atoms. The summed E-state index contributed by atoms with van der Waals surface area (Å²) >= 11 is 1.50. The summed E-state index contributed by atoms with van der Waals surface area (Å²) in [7, 11) is 0. The molecule has 1 aromatic heterocycles. The number of hydrogen-bond acceptors (Lipinski definition) is 4. The van der Waals surface area contributed by atoms with Crippen molar-refractivity contribution in [3.05, 3.63) is 11.9 Å². The molecule has 0 saturated heterocycles. The van der Waals surface area contributed by atoms with Crippen LogP contribution in [-0.4, -0.2) is 21.4 Å². The first kappa shape index (κ1) is 9.45. The minimum atomic E-state index is 0.0386. The van der Waals surface area contributed by atoms with Gasteiger partial charge >= 0.3 is 0 Å². The van der Waals surface area contributed by atoms with E-state index in [0.29, 0.717) is 0 Å². The van der Waals surface area contributed by atoms with Crippen molar-refractivity contribution in [3.8, 4) is 0 Å². The molecule has 1 rings (SSSR count). The maximum absolute atomic E-state index is 4.15. The summed E-state index contributed by atoms with van der Waals surface area (Å²) in [5, 5.41) is 8.78. The van der Waals surface area contributed by atoms with Crippen LogP contribution in [0.4, 0.5) is 0 Å². The monoisotopic (exact) mass is 183 g/mol.